The molecule has 20 heavy (non-hydrogen) atoms. The zero-order chi connectivity index (χ0) is 14.1. The van der Waals surface area contributed by atoms with Crippen molar-refractivity contribution in [3.8, 4) is 0 Å². The minimum atomic E-state index is -0.383. The Morgan fingerprint density at radius 1 is 1.55 bits per heavy atom. The van der Waals surface area contributed by atoms with Crippen LogP contribution in [0.2, 0.25) is 0 Å². The highest BCUT2D eigenvalue weighted by Crippen LogP contribution is 2.31. The average molecular weight is 276 g/mol. The normalized spacial score (nSPS) is 20.3. The second-order valence-corrected chi connectivity index (χ2v) is 4.91. The molecule has 0 unspecified atom stereocenters. The van der Waals surface area contributed by atoms with Gasteiger partial charge >= 0.3 is 0 Å². The highest BCUT2D eigenvalue weighted by atomic mass is 16.5. The van der Waals surface area contributed by atoms with Gasteiger partial charge in [0.1, 0.15) is 18.7 Å². The van der Waals surface area contributed by atoms with Gasteiger partial charge in [0.05, 0.1) is 6.04 Å². The quantitative estimate of drug-likeness (QED) is 0.827. The molecule has 0 aliphatic carbocycles. The van der Waals surface area contributed by atoms with Crippen molar-refractivity contribution in [3.63, 3.8) is 0 Å². The summed E-state index contributed by atoms with van der Waals surface area (Å²) in [5.41, 5.74) is 0. The largest absolute Gasteiger partial charge is 0.340 e. The predicted molar refractivity (Wildman–Crippen MR) is 67.5 cm³/mol. The molecule has 2 aromatic heterocycles. The van der Waals surface area contributed by atoms with Crippen molar-refractivity contribution in [3.05, 3.63) is 24.4 Å². The van der Waals surface area contributed by atoms with Gasteiger partial charge in [-0.15, -0.1) is 0 Å². The first-order chi connectivity index (χ1) is 9.66. The summed E-state index contributed by atoms with van der Waals surface area (Å²) in [4.78, 5) is 22.5. The number of aryl methyl sites for hydroxylation is 1. The maximum Gasteiger partial charge on any atom is 0.247 e. The highest BCUT2D eigenvalue weighted by molar-refractivity contribution is 5.80. The van der Waals surface area contributed by atoms with Gasteiger partial charge in [0, 0.05) is 13.5 Å². The van der Waals surface area contributed by atoms with Gasteiger partial charge in [-0.1, -0.05) is 5.16 Å². The Hall–Kier alpha value is -2.25. The third-order valence-electron chi connectivity index (χ3n) is 3.57. The second kappa shape index (κ2) is 5.03. The topological polar surface area (TPSA) is 89.9 Å². The third kappa shape index (κ3) is 2.17. The molecule has 0 bridgehead atoms. The molecule has 0 saturated carbocycles. The first kappa shape index (κ1) is 12.8. The van der Waals surface area contributed by atoms with E-state index in [1.807, 2.05) is 6.92 Å². The molecule has 0 spiro atoms. The number of hydrogen-bond acceptors (Lipinski definition) is 6. The van der Waals surface area contributed by atoms with Gasteiger partial charge < -0.3 is 9.42 Å². The molecule has 0 aromatic carbocycles. The zero-order valence-electron chi connectivity index (χ0n) is 11.4. The number of likely N-dealkylation sites (tertiary alicyclic amines) is 1. The molecule has 1 aliphatic heterocycles. The number of nitrogens with zero attached hydrogens (tertiary/aromatic N) is 6. The maximum atomic E-state index is 12.6. The molecule has 1 saturated heterocycles. The second-order valence-electron chi connectivity index (χ2n) is 4.91. The van der Waals surface area contributed by atoms with Crippen molar-refractivity contribution in [1.29, 1.82) is 0 Å². The van der Waals surface area contributed by atoms with Crippen LogP contribution >= 0.6 is 0 Å². The minimum Gasteiger partial charge on any atom is -0.340 e. The number of amides is 1. The Balaban J connectivity index is 1.80. The van der Waals surface area contributed by atoms with E-state index in [-0.39, 0.29) is 18.0 Å². The lowest BCUT2D eigenvalue weighted by molar-refractivity contribution is -0.135. The molecule has 8 heteroatoms. The van der Waals surface area contributed by atoms with Gasteiger partial charge in [-0.2, -0.15) is 10.1 Å². The lowest BCUT2D eigenvalue weighted by Crippen LogP contribution is -2.36. The third-order valence-corrected chi connectivity index (χ3v) is 3.57. The summed E-state index contributed by atoms with van der Waals surface area (Å²) in [5.74, 6) is 1.10. The van der Waals surface area contributed by atoms with Crippen LogP contribution in [0.1, 0.15) is 43.6 Å². The fourth-order valence-corrected chi connectivity index (χ4v) is 2.52. The average Bonchev–Trinajstić information content (AvgIpc) is 3.17. The molecule has 3 rings (SSSR count). The van der Waals surface area contributed by atoms with Crippen LogP contribution in [0, 0.1) is 6.92 Å². The fraction of sp³-hybridized carbons (Fsp3) is 0.583. The Morgan fingerprint density at radius 3 is 3.05 bits per heavy atom. The van der Waals surface area contributed by atoms with E-state index in [0.29, 0.717) is 18.3 Å². The van der Waals surface area contributed by atoms with Crippen molar-refractivity contribution < 1.29 is 9.32 Å². The SMILES string of the molecule is Cc1nc([C@H]2CCCN2C(=O)[C@H](C)n2cncn2)no1. The van der Waals surface area contributed by atoms with Crippen LogP contribution in [-0.4, -0.2) is 42.3 Å². The summed E-state index contributed by atoms with van der Waals surface area (Å²) in [6, 6.07) is -0.489. The van der Waals surface area contributed by atoms with E-state index in [1.165, 1.54) is 6.33 Å². The molecule has 3 heterocycles. The van der Waals surface area contributed by atoms with Crippen LogP contribution in [0.4, 0.5) is 0 Å². The Bertz CT molecular complexity index is 593. The number of hydrogen-bond donors (Lipinski definition) is 0. The summed E-state index contributed by atoms with van der Waals surface area (Å²) in [7, 11) is 0. The van der Waals surface area contributed by atoms with E-state index in [9.17, 15) is 4.79 Å². The van der Waals surface area contributed by atoms with Crippen molar-refractivity contribution >= 4 is 5.91 Å². The number of carbonyl (C=O) groups is 1. The van der Waals surface area contributed by atoms with Crippen LogP contribution in [0.3, 0.4) is 0 Å². The van der Waals surface area contributed by atoms with Crippen LogP contribution in [-0.2, 0) is 4.79 Å². The molecule has 8 nitrogen and oxygen atoms in total. The van der Waals surface area contributed by atoms with E-state index in [1.54, 1.807) is 22.8 Å². The number of rotatable bonds is 3. The molecular formula is C12H16N6O2. The monoisotopic (exact) mass is 276 g/mol. The van der Waals surface area contributed by atoms with Crippen LogP contribution in [0.25, 0.3) is 0 Å². The van der Waals surface area contributed by atoms with Gasteiger partial charge in [0.15, 0.2) is 5.82 Å². The molecule has 2 atom stereocenters. The predicted octanol–water partition coefficient (Wildman–Crippen LogP) is 0.894. The van der Waals surface area contributed by atoms with Crippen molar-refractivity contribution in [2.24, 2.45) is 0 Å². The van der Waals surface area contributed by atoms with Crippen molar-refractivity contribution in [2.75, 3.05) is 6.54 Å². The summed E-state index contributed by atoms with van der Waals surface area (Å²) >= 11 is 0. The summed E-state index contributed by atoms with van der Waals surface area (Å²) in [6.07, 6.45) is 4.77. The zero-order valence-corrected chi connectivity index (χ0v) is 11.4. The van der Waals surface area contributed by atoms with Gasteiger partial charge in [0.2, 0.25) is 11.8 Å². The van der Waals surface area contributed by atoms with Crippen molar-refractivity contribution in [2.45, 2.75) is 38.8 Å². The molecule has 0 radical (unpaired) electrons. The lowest BCUT2D eigenvalue weighted by Gasteiger charge is -2.25. The van der Waals surface area contributed by atoms with E-state index < -0.39 is 0 Å². The Kier molecular flexibility index (Phi) is 3.21. The molecule has 1 fully saturated rings. The first-order valence-electron chi connectivity index (χ1n) is 6.61. The molecule has 0 N–H and O–H groups in total. The fourth-order valence-electron chi connectivity index (χ4n) is 2.52. The van der Waals surface area contributed by atoms with E-state index >= 15 is 0 Å². The van der Waals surface area contributed by atoms with Crippen LogP contribution < -0.4 is 0 Å². The summed E-state index contributed by atoms with van der Waals surface area (Å²) in [6.45, 7) is 4.26. The smallest absolute Gasteiger partial charge is 0.247 e. The molecule has 1 aliphatic rings. The van der Waals surface area contributed by atoms with Crippen LogP contribution in [0.15, 0.2) is 17.2 Å². The van der Waals surface area contributed by atoms with E-state index in [4.69, 9.17) is 4.52 Å². The minimum absolute atomic E-state index is 0.000420. The number of carbonyl (C=O) groups excluding carboxylic acids is 1. The number of aromatic nitrogens is 5. The molecular weight excluding hydrogens is 260 g/mol. The molecule has 1 amide bonds. The van der Waals surface area contributed by atoms with Gasteiger partial charge in [-0.05, 0) is 19.8 Å². The maximum absolute atomic E-state index is 12.6. The first-order valence-corrected chi connectivity index (χ1v) is 6.61. The summed E-state index contributed by atoms with van der Waals surface area (Å²) in [5, 5.41) is 7.96. The lowest BCUT2D eigenvalue weighted by atomic mass is 10.2. The van der Waals surface area contributed by atoms with Gasteiger partial charge in [-0.25, -0.2) is 9.67 Å². The Labute approximate surface area is 115 Å². The Morgan fingerprint density at radius 2 is 2.40 bits per heavy atom. The van der Waals surface area contributed by atoms with Gasteiger partial charge in [0.25, 0.3) is 0 Å². The van der Waals surface area contributed by atoms with Crippen molar-refractivity contribution in [1.82, 2.24) is 29.8 Å². The standard InChI is InChI=1S/C12H16N6O2/c1-8(18-7-13-6-14-18)12(19)17-5-3-4-10(17)11-15-9(2)20-16-11/h6-8,10H,3-5H2,1-2H3/t8-,10+/m0/s1. The molecule has 2 aromatic rings. The van der Waals surface area contributed by atoms with E-state index in [2.05, 4.69) is 20.2 Å². The summed E-state index contributed by atoms with van der Waals surface area (Å²) < 4.78 is 6.57. The van der Waals surface area contributed by atoms with Crippen LogP contribution in [0.5, 0.6) is 0 Å². The van der Waals surface area contributed by atoms with Gasteiger partial charge in [-0.3, -0.25) is 4.79 Å². The van der Waals surface area contributed by atoms with E-state index in [0.717, 1.165) is 12.8 Å². The molecule has 106 valence electrons. The highest BCUT2D eigenvalue weighted by Gasteiger charge is 2.35.